The molecular formula is C12H21NO. The zero-order chi connectivity index (χ0) is 9.54. The molecular weight excluding hydrogens is 174 g/mol. The second-order valence-corrected chi connectivity index (χ2v) is 5.25. The highest BCUT2D eigenvalue weighted by Crippen LogP contribution is 2.42. The van der Waals surface area contributed by atoms with Crippen LogP contribution >= 0.6 is 0 Å². The van der Waals surface area contributed by atoms with E-state index in [9.17, 15) is 0 Å². The van der Waals surface area contributed by atoms with Crippen LogP contribution in [-0.4, -0.2) is 36.2 Å². The maximum absolute atomic E-state index is 5.37. The molecule has 0 aromatic heterocycles. The average Bonchev–Trinajstić information content (AvgIpc) is 2.39. The van der Waals surface area contributed by atoms with Crippen LogP contribution in [0.4, 0.5) is 0 Å². The minimum Gasteiger partial charge on any atom is -0.381 e. The van der Waals surface area contributed by atoms with Gasteiger partial charge in [0.2, 0.25) is 0 Å². The topological polar surface area (TPSA) is 12.5 Å². The van der Waals surface area contributed by atoms with Gasteiger partial charge in [-0.25, -0.2) is 0 Å². The molecule has 0 amide bonds. The first-order valence-corrected chi connectivity index (χ1v) is 6.18. The zero-order valence-corrected chi connectivity index (χ0v) is 9.11. The third kappa shape index (κ3) is 1.31. The van der Waals surface area contributed by atoms with E-state index in [2.05, 4.69) is 4.90 Å². The predicted molar refractivity (Wildman–Crippen MR) is 56.3 cm³/mol. The van der Waals surface area contributed by atoms with Crippen molar-refractivity contribution in [1.29, 1.82) is 0 Å². The molecule has 3 aliphatic rings. The molecule has 2 unspecified atom stereocenters. The summed E-state index contributed by atoms with van der Waals surface area (Å²) in [7, 11) is 1.85. The average molecular weight is 195 g/mol. The van der Waals surface area contributed by atoms with Crippen LogP contribution in [0, 0.1) is 0 Å². The second kappa shape index (κ2) is 3.49. The highest BCUT2D eigenvalue weighted by molar-refractivity contribution is 5.00. The minimum absolute atomic E-state index is 0.571. The lowest BCUT2D eigenvalue weighted by Crippen LogP contribution is -2.54. The van der Waals surface area contributed by atoms with Crippen molar-refractivity contribution >= 4 is 0 Å². The van der Waals surface area contributed by atoms with Gasteiger partial charge in [0.15, 0.2) is 0 Å². The van der Waals surface area contributed by atoms with E-state index in [4.69, 9.17) is 4.74 Å². The Balaban J connectivity index is 1.63. The summed E-state index contributed by atoms with van der Waals surface area (Å²) in [4.78, 5) is 2.85. The quantitative estimate of drug-likeness (QED) is 0.669. The molecule has 2 aliphatic heterocycles. The first kappa shape index (κ1) is 9.17. The number of piperidine rings is 1. The van der Waals surface area contributed by atoms with E-state index in [-0.39, 0.29) is 0 Å². The van der Waals surface area contributed by atoms with Gasteiger partial charge in [-0.05, 0) is 38.5 Å². The fourth-order valence-electron chi connectivity index (χ4n) is 3.73. The van der Waals surface area contributed by atoms with Gasteiger partial charge in [0.05, 0.1) is 6.10 Å². The molecule has 14 heavy (non-hydrogen) atoms. The van der Waals surface area contributed by atoms with Gasteiger partial charge in [0.25, 0.3) is 0 Å². The van der Waals surface area contributed by atoms with Gasteiger partial charge in [0, 0.05) is 25.2 Å². The molecule has 80 valence electrons. The SMILES string of the molecule is COC1CC(N2C3CCCC2CC3)C1. The summed E-state index contributed by atoms with van der Waals surface area (Å²) in [6.07, 6.45) is 10.5. The minimum atomic E-state index is 0.571. The lowest BCUT2D eigenvalue weighted by atomic mass is 9.85. The first-order chi connectivity index (χ1) is 6.88. The Morgan fingerprint density at radius 2 is 1.57 bits per heavy atom. The van der Waals surface area contributed by atoms with Crippen LogP contribution in [-0.2, 0) is 4.74 Å². The Hall–Kier alpha value is -0.0800. The normalized spacial score (nSPS) is 47.8. The highest BCUT2D eigenvalue weighted by atomic mass is 16.5. The summed E-state index contributed by atoms with van der Waals surface area (Å²) in [5.74, 6) is 0. The Morgan fingerprint density at radius 3 is 2.14 bits per heavy atom. The van der Waals surface area contributed by atoms with Gasteiger partial charge in [-0.3, -0.25) is 4.90 Å². The summed E-state index contributed by atoms with van der Waals surface area (Å²) in [5.41, 5.74) is 0. The van der Waals surface area contributed by atoms with Gasteiger partial charge in [-0.2, -0.15) is 0 Å². The van der Waals surface area contributed by atoms with E-state index in [0.717, 1.165) is 18.1 Å². The summed E-state index contributed by atoms with van der Waals surface area (Å²) in [6, 6.07) is 2.76. The second-order valence-electron chi connectivity index (χ2n) is 5.25. The highest BCUT2D eigenvalue weighted by Gasteiger charge is 2.44. The molecule has 2 heterocycles. The number of methoxy groups -OCH3 is 1. The Morgan fingerprint density at radius 1 is 0.929 bits per heavy atom. The molecule has 2 heteroatoms. The molecule has 2 nitrogen and oxygen atoms in total. The first-order valence-electron chi connectivity index (χ1n) is 6.18. The summed E-state index contributed by atoms with van der Waals surface area (Å²) < 4.78 is 5.37. The van der Waals surface area contributed by atoms with Crippen molar-refractivity contribution in [3.63, 3.8) is 0 Å². The molecule has 0 aromatic carbocycles. The molecule has 2 atom stereocenters. The van der Waals surface area contributed by atoms with E-state index in [1.165, 1.54) is 44.9 Å². The molecule has 3 fully saturated rings. The monoisotopic (exact) mass is 195 g/mol. The van der Waals surface area contributed by atoms with E-state index < -0.39 is 0 Å². The van der Waals surface area contributed by atoms with Crippen molar-refractivity contribution in [2.75, 3.05) is 7.11 Å². The molecule has 2 bridgehead atoms. The Labute approximate surface area is 86.6 Å². The van der Waals surface area contributed by atoms with Crippen LogP contribution < -0.4 is 0 Å². The molecule has 0 N–H and O–H groups in total. The maximum Gasteiger partial charge on any atom is 0.0601 e. The summed E-state index contributed by atoms with van der Waals surface area (Å²) in [5, 5.41) is 0. The Bertz CT molecular complexity index is 196. The molecule has 0 spiro atoms. The van der Waals surface area contributed by atoms with E-state index >= 15 is 0 Å². The van der Waals surface area contributed by atoms with Crippen LogP contribution in [0.5, 0.6) is 0 Å². The van der Waals surface area contributed by atoms with Crippen LogP contribution in [0.3, 0.4) is 0 Å². The van der Waals surface area contributed by atoms with Crippen molar-refractivity contribution in [1.82, 2.24) is 4.90 Å². The van der Waals surface area contributed by atoms with Crippen LogP contribution in [0.2, 0.25) is 0 Å². The van der Waals surface area contributed by atoms with Crippen LogP contribution in [0.15, 0.2) is 0 Å². The van der Waals surface area contributed by atoms with Gasteiger partial charge in [0.1, 0.15) is 0 Å². The predicted octanol–water partition coefficient (Wildman–Crippen LogP) is 2.18. The molecule has 3 rings (SSSR count). The number of hydrogen-bond acceptors (Lipinski definition) is 2. The van der Waals surface area contributed by atoms with Crippen molar-refractivity contribution in [2.24, 2.45) is 0 Å². The third-order valence-corrected chi connectivity index (χ3v) is 4.58. The van der Waals surface area contributed by atoms with Gasteiger partial charge in [-0.1, -0.05) is 6.42 Å². The maximum atomic E-state index is 5.37. The van der Waals surface area contributed by atoms with Crippen molar-refractivity contribution in [2.45, 2.75) is 69.2 Å². The third-order valence-electron chi connectivity index (χ3n) is 4.58. The van der Waals surface area contributed by atoms with E-state index in [1.807, 2.05) is 7.11 Å². The van der Waals surface area contributed by atoms with Crippen LogP contribution in [0.25, 0.3) is 0 Å². The van der Waals surface area contributed by atoms with Gasteiger partial charge >= 0.3 is 0 Å². The van der Waals surface area contributed by atoms with E-state index in [1.54, 1.807) is 0 Å². The lowest BCUT2D eigenvalue weighted by Gasteiger charge is -2.47. The molecule has 2 saturated heterocycles. The fraction of sp³-hybridized carbons (Fsp3) is 1.00. The molecule has 0 radical (unpaired) electrons. The lowest BCUT2D eigenvalue weighted by molar-refractivity contribution is -0.0527. The summed E-state index contributed by atoms with van der Waals surface area (Å²) >= 11 is 0. The molecule has 1 aliphatic carbocycles. The fourth-order valence-corrected chi connectivity index (χ4v) is 3.73. The van der Waals surface area contributed by atoms with Crippen LogP contribution in [0.1, 0.15) is 44.9 Å². The number of rotatable bonds is 2. The van der Waals surface area contributed by atoms with Crippen molar-refractivity contribution < 1.29 is 4.74 Å². The van der Waals surface area contributed by atoms with Gasteiger partial charge in [-0.15, -0.1) is 0 Å². The molecule has 0 aromatic rings. The number of nitrogens with zero attached hydrogens (tertiary/aromatic N) is 1. The van der Waals surface area contributed by atoms with Crippen molar-refractivity contribution in [3.8, 4) is 0 Å². The summed E-state index contributed by atoms with van der Waals surface area (Å²) in [6.45, 7) is 0. The largest absolute Gasteiger partial charge is 0.381 e. The Kier molecular flexibility index (Phi) is 2.29. The number of hydrogen-bond donors (Lipinski definition) is 0. The standard InChI is InChI=1S/C12H21NO/c1-14-12-7-11(8-12)13-9-3-2-4-10(13)6-5-9/h9-12H,2-8H2,1H3. The van der Waals surface area contributed by atoms with Gasteiger partial charge < -0.3 is 4.74 Å². The number of fused-ring (bicyclic) bond motifs is 2. The number of ether oxygens (including phenoxy) is 1. The smallest absolute Gasteiger partial charge is 0.0601 e. The molecule has 1 saturated carbocycles. The van der Waals surface area contributed by atoms with Crippen molar-refractivity contribution in [3.05, 3.63) is 0 Å². The zero-order valence-electron chi connectivity index (χ0n) is 9.11. The van der Waals surface area contributed by atoms with E-state index in [0.29, 0.717) is 6.10 Å².